The van der Waals surface area contributed by atoms with Crippen LogP contribution in [0.1, 0.15) is 0 Å². The third-order valence-electron chi connectivity index (χ3n) is 1.60. The van der Waals surface area contributed by atoms with Crippen molar-refractivity contribution in [1.29, 1.82) is 0 Å². The Bertz CT molecular complexity index is 94.7. The van der Waals surface area contributed by atoms with Gasteiger partial charge >= 0.3 is 0 Å². The highest BCUT2D eigenvalue weighted by Crippen LogP contribution is 1.99. The highest BCUT2D eigenvalue weighted by molar-refractivity contribution is 5.85. The summed E-state index contributed by atoms with van der Waals surface area (Å²) in [5.41, 5.74) is 5.41. The quantitative estimate of drug-likeness (QED) is 0.657. The summed E-state index contributed by atoms with van der Waals surface area (Å²) in [6, 6.07) is 0. The highest BCUT2D eigenvalue weighted by atomic mass is 35.5. The molecule has 1 aliphatic heterocycles. The first-order valence-electron chi connectivity index (χ1n) is 3.33. The maximum atomic E-state index is 5.41. The van der Waals surface area contributed by atoms with E-state index in [2.05, 4.69) is 11.9 Å². The summed E-state index contributed by atoms with van der Waals surface area (Å²) in [6.07, 6.45) is 0.267. The maximum Gasteiger partial charge on any atom is 0.0824 e. The molecule has 5 heteroatoms. The molecule has 0 radical (unpaired) electrons. The van der Waals surface area contributed by atoms with Crippen molar-refractivity contribution in [2.45, 2.75) is 6.10 Å². The molecule has 3 nitrogen and oxygen atoms in total. The zero-order chi connectivity index (χ0) is 6.69. The van der Waals surface area contributed by atoms with Gasteiger partial charge in [-0.05, 0) is 7.05 Å². The number of likely N-dealkylation sites (N-methyl/N-ethyl adjacent to an activating group) is 1. The lowest BCUT2D eigenvalue weighted by Gasteiger charge is -2.28. The predicted octanol–water partition coefficient (Wildman–Crippen LogP) is 0.119. The summed E-state index contributed by atoms with van der Waals surface area (Å²) in [5.74, 6) is 0. The number of halogens is 2. The molecule has 2 N–H and O–H groups in total. The van der Waals surface area contributed by atoms with Crippen LogP contribution in [-0.2, 0) is 4.74 Å². The van der Waals surface area contributed by atoms with Crippen molar-refractivity contribution in [1.82, 2.24) is 4.90 Å². The van der Waals surface area contributed by atoms with Crippen LogP contribution in [0.4, 0.5) is 0 Å². The molecule has 1 aliphatic rings. The third-order valence-corrected chi connectivity index (χ3v) is 1.60. The van der Waals surface area contributed by atoms with Crippen LogP contribution < -0.4 is 5.73 Å². The Morgan fingerprint density at radius 3 is 2.55 bits per heavy atom. The highest BCUT2D eigenvalue weighted by Gasteiger charge is 2.14. The lowest BCUT2D eigenvalue weighted by Crippen LogP contribution is -2.43. The van der Waals surface area contributed by atoms with E-state index in [9.17, 15) is 0 Å². The summed E-state index contributed by atoms with van der Waals surface area (Å²) >= 11 is 0. The minimum absolute atomic E-state index is 0. The Balaban J connectivity index is 0. The first-order chi connectivity index (χ1) is 4.33. The average Bonchev–Trinajstić information content (AvgIpc) is 1.88. The lowest BCUT2D eigenvalue weighted by atomic mass is 10.3. The second kappa shape index (κ2) is 7.13. The number of nitrogens with zero attached hydrogens (tertiary/aromatic N) is 1. The topological polar surface area (TPSA) is 38.5 Å². The molecular formula is C6H16Cl2N2O. The Hall–Kier alpha value is 0.460. The average molecular weight is 203 g/mol. The van der Waals surface area contributed by atoms with Crippen LogP contribution >= 0.6 is 24.8 Å². The van der Waals surface area contributed by atoms with E-state index in [-0.39, 0.29) is 30.9 Å². The van der Waals surface area contributed by atoms with Gasteiger partial charge in [0.15, 0.2) is 0 Å². The number of nitrogens with two attached hydrogens (primary N) is 1. The van der Waals surface area contributed by atoms with Crippen LogP contribution in [0.3, 0.4) is 0 Å². The van der Waals surface area contributed by atoms with E-state index in [1.807, 2.05) is 0 Å². The monoisotopic (exact) mass is 202 g/mol. The van der Waals surface area contributed by atoms with E-state index in [0.29, 0.717) is 6.54 Å². The van der Waals surface area contributed by atoms with Gasteiger partial charge in [0, 0.05) is 19.6 Å². The van der Waals surface area contributed by atoms with Crippen LogP contribution in [0.2, 0.25) is 0 Å². The van der Waals surface area contributed by atoms with Gasteiger partial charge in [0.05, 0.1) is 12.7 Å². The largest absolute Gasteiger partial charge is 0.374 e. The molecule has 70 valence electrons. The summed E-state index contributed by atoms with van der Waals surface area (Å²) in [5, 5.41) is 0. The normalized spacial score (nSPS) is 25.1. The number of morpholine rings is 1. The number of ether oxygens (including phenoxy) is 1. The van der Waals surface area contributed by atoms with E-state index in [4.69, 9.17) is 10.5 Å². The van der Waals surface area contributed by atoms with Gasteiger partial charge in [0.25, 0.3) is 0 Å². The Kier molecular flexibility index (Phi) is 9.08. The first kappa shape index (κ1) is 14.0. The number of rotatable bonds is 1. The molecular weight excluding hydrogens is 187 g/mol. The molecule has 1 unspecified atom stereocenters. The fraction of sp³-hybridized carbons (Fsp3) is 1.00. The summed E-state index contributed by atoms with van der Waals surface area (Å²) in [6.45, 7) is 3.50. The molecule has 1 rings (SSSR count). The van der Waals surface area contributed by atoms with Crippen LogP contribution in [-0.4, -0.2) is 44.3 Å². The van der Waals surface area contributed by atoms with Crippen molar-refractivity contribution < 1.29 is 4.74 Å². The number of hydrogen-bond donors (Lipinski definition) is 1. The van der Waals surface area contributed by atoms with E-state index in [0.717, 1.165) is 19.7 Å². The van der Waals surface area contributed by atoms with Gasteiger partial charge in [-0.2, -0.15) is 0 Å². The fourth-order valence-electron chi connectivity index (χ4n) is 1.01. The summed E-state index contributed by atoms with van der Waals surface area (Å²) in [7, 11) is 2.09. The van der Waals surface area contributed by atoms with Gasteiger partial charge in [-0.3, -0.25) is 0 Å². The maximum absolute atomic E-state index is 5.41. The van der Waals surface area contributed by atoms with E-state index >= 15 is 0 Å². The summed E-state index contributed by atoms with van der Waals surface area (Å²) < 4.78 is 5.33. The van der Waals surface area contributed by atoms with Crippen molar-refractivity contribution in [3.8, 4) is 0 Å². The first-order valence-corrected chi connectivity index (χ1v) is 3.33. The standard InChI is InChI=1S/C6H14N2O.2ClH/c1-8-2-3-9-6(4-7)5-8;;/h6H,2-5,7H2,1H3;2*1H. The SMILES string of the molecule is CN1CCOC(CN)C1.Cl.Cl. The molecule has 11 heavy (non-hydrogen) atoms. The van der Waals surface area contributed by atoms with Crippen molar-refractivity contribution in [3.63, 3.8) is 0 Å². The molecule has 0 saturated carbocycles. The van der Waals surface area contributed by atoms with Crippen molar-refractivity contribution in [2.24, 2.45) is 5.73 Å². The Morgan fingerprint density at radius 1 is 1.55 bits per heavy atom. The van der Waals surface area contributed by atoms with E-state index in [1.165, 1.54) is 0 Å². The smallest absolute Gasteiger partial charge is 0.0824 e. The van der Waals surface area contributed by atoms with E-state index in [1.54, 1.807) is 0 Å². The summed E-state index contributed by atoms with van der Waals surface area (Å²) in [4.78, 5) is 2.24. The zero-order valence-electron chi connectivity index (χ0n) is 6.66. The van der Waals surface area contributed by atoms with Crippen LogP contribution in [0, 0.1) is 0 Å². The minimum atomic E-state index is 0. The molecule has 1 saturated heterocycles. The van der Waals surface area contributed by atoms with Gasteiger partial charge in [-0.1, -0.05) is 0 Å². The predicted molar refractivity (Wildman–Crippen MR) is 50.8 cm³/mol. The van der Waals surface area contributed by atoms with Gasteiger partial charge in [0.1, 0.15) is 0 Å². The minimum Gasteiger partial charge on any atom is -0.374 e. The van der Waals surface area contributed by atoms with Gasteiger partial charge in [0.2, 0.25) is 0 Å². The molecule has 0 aliphatic carbocycles. The van der Waals surface area contributed by atoms with Crippen molar-refractivity contribution in [3.05, 3.63) is 0 Å². The van der Waals surface area contributed by atoms with Crippen LogP contribution in [0.5, 0.6) is 0 Å². The number of hydrogen-bond acceptors (Lipinski definition) is 3. The van der Waals surface area contributed by atoms with Crippen LogP contribution in [0.15, 0.2) is 0 Å². The van der Waals surface area contributed by atoms with Gasteiger partial charge in [-0.25, -0.2) is 0 Å². The second-order valence-corrected chi connectivity index (χ2v) is 2.49. The lowest BCUT2D eigenvalue weighted by molar-refractivity contribution is -0.0138. The van der Waals surface area contributed by atoms with Crippen LogP contribution in [0.25, 0.3) is 0 Å². The second-order valence-electron chi connectivity index (χ2n) is 2.49. The van der Waals surface area contributed by atoms with E-state index < -0.39 is 0 Å². The van der Waals surface area contributed by atoms with Crippen molar-refractivity contribution >= 4 is 24.8 Å². The fourth-order valence-corrected chi connectivity index (χ4v) is 1.01. The molecule has 1 atom stereocenters. The molecule has 0 amide bonds. The molecule has 0 bridgehead atoms. The molecule has 0 aromatic heterocycles. The van der Waals surface area contributed by atoms with Crippen molar-refractivity contribution in [2.75, 3.05) is 33.3 Å². The molecule has 0 aromatic rings. The molecule has 1 heterocycles. The Morgan fingerprint density at radius 2 is 2.18 bits per heavy atom. The Labute approximate surface area is 80.1 Å². The zero-order valence-corrected chi connectivity index (χ0v) is 8.29. The molecule has 0 aromatic carbocycles. The molecule has 1 fully saturated rings. The van der Waals surface area contributed by atoms with Gasteiger partial charge in [-0.15, -0.1) is 24.8 Å². The van der Waals surface area contributed by atoms with Gasteiger partial charge < -0.3 is 15.4 Å². The molecule has 0 spiro atoms. The third kappa shape index (κ3) is 4.82.